The van der Waals surface area contributed by atoms with Crippen LogP contribution in [0.25, 0.3) is 10.8 Å². The Morgan fingerprint density at radius 2 is 1.76 bits per heavy atom. The molecule has 0 bridgehead atoms. The van der Waals surface area contributed by atoms with Crippen LogP contribution in [0.2, 0.25) is 0 Å². The number of fused-ring (bicyclic) bond motifs is 1. The van der Waals surface area contributed by atoms with Gasteiger partial charge in [0.25, 0.3) is 0 Å². The Hall–Kier alpha value is -3.85. The van der Waals surface area contributed by atoms with Gasteiger partial charge in [-0.2, -0.15) is 0 Å². The highest BCUT2D eigenvalue weighted by Crippen LogP contribution is 2.32. The van der Waals surface area contributed by atoms with Crippen LogP contribution in [0.5, 0.6) is 5.75 Å². The van der Waals surface area contributed by atoms with Crippen molar-refractivity contribution < 1.29 is 28.6 Å². The molecule has 1 saturated carbocycles. The van der Waals surface area contributed by atoms with Crippen molar-refractivity contribution in [1.82, 2.24) is 5.32 Å². The van der Waals surface area contributed by atoms with Crippen LogP contribution in [0, 0.1) is 17.2 Å². The number of rotatable bonds is 7. The third kappa shape index (κ3) is 5.37. The van der Waals surface area contributed by atoms with E-state index in [9.17, 15) is 19.5 Å². The molecule has 10 heteroatoms. The van der Waals surface area contributed by atoms with Gasteiger partial charge in [-0.15, -0.1) is 12.4 Å². The molecule has 1 aliphatic carbocycles. The number of nitrogens with one attached hydrogen (secondary N) is 2. The Kier molecular flexibility index (Phi) is 7.57. The molecule has 0 unspecified atom stereocenters. The van der Waals surface area contributed by atoms with E-state index in [2.05, 4.69) is 5.32 Å². The zero-order chi connectivity index (χ0) is 23.5. The summed E-state index contributed by atoms with van der Waals surface area (Å²) in [5.41, 5.74) is 6.12. The van der Waals surface area contributed by atoms with Crippen LogP contribution in [0.15, 0.2) is 52.9 Å². The number of furan rings is 1. The summed E-state index contributed by atoms with van der Waals surface area (Å²) in [6.07, 6.45) is 1.75. The van der Waals surface area contributed by atoms with Gasteiger partial charge >= 0.3 is 11.9 Å². The second-order valence-electron chi connectivity index (χ2n) is 7.99. The maximum absolute atomic E-state index is 12.5. The van der Waals surface area contributed by atoms with E-state index in [1.807, 2.05) is 0 Å². The molecule has 178 valence electrons. The molecule has 1 heterocycles. The number of amides is 1. The number of carbonyl (C=O) groups is 3. The monoisotopic (exact) mass is 485 g/mol. The van der Waals surface area contributed by atoms with Gasteiger partial charge in [0.15, 0.2) is 0 Å². The molecule has 1 aromatic heterocycles. The van der Waals surface area contributed by atoms with Gasteiger partial charge in [-0.1, -0.05) is 24.6 Å². The maximum atomic E-state index is 12.5. The zero-order valence-electron chi connectivity index (χ0n) is 18.1. The van der Waals surface area contributed by atoms with Crippen molar-refractivity contribution in [2.75, 3.05) is 0 Å². The molecule has 0 saturated heterocycles. The zero-order valence-corrected chi connectivity index (χ0v) is 18.9. The van der Waals surface area contributed by atoms with Crippen LogP contribution in [-0.4, -0.2) is 28.8 Å². The average molecular weight is 486 g/mol. The van der Waals surface area contributed by atoms with Gasteiger partial charge in [0.05, 0.1) is 18.4 Å². The number of ether oxygens (including phenoxy) is 1. The minimum Gasteiger partial charge on any atom is -0.481 e. The van der Waals surface area contributed by atoms with E-state index in [1.54, 1.807) is 42.5 Å². The number of halogens is 1. The van der Waals surface area contributed by atoms with Crippen LogP contribution in [0.1, 0.15) is 41.1 Å². The highest BCUT2D eigenvalue weighted by atomic mass is 35.5. The lowest BCUT2D eigenvalue weighted by Gasteiger charge is -2.14. The van der Waals surface area contributed by atoms with Crippen LogP contribution in [0.3, 0.4) is 0 Å². The predicted octanol–water partition coefficient (Wildman–Crippen LogP) is 3.47. The molecule has 0 radical (unpaired) electrons. The lowest BCUT2D eigenvalue weighted by Crippen LogP contribution is -2.34. The summed E-state index contributed by atoms with van der Waals surface area (Å²) in [6.45, 7) is 0.0450. The molecular formula is C24H24ClN3O6. The number of carbonyl (C=O) groups excluding carboxylic acids is 2. The normalized spacial score (nSPS) is 17.1. The van der Waals surface area contributed by atoms with E-state index < -0.39 is 23.8 Å². The van der Waals surface area contributed by atoms with Crippen LogP contribution < -0.4 is 15.8 Å². The lowest BCUT2D eigenvalue weighted by molar-refractivity contribution is -0.146. The predicted molar refractivity (Wildman–Crippen MR) is 126 cm³/mol. The first kappa shape index (κ1) is 24.8. The topological polar surface area (TPSA) is 156 Å². The van der Waals surface area contributed by atoms with Gasteiger partial charge < -0.3 is 25.3 Å². The van der Waals surface area contributed by atoms with E-state index in [0.717, 1.165) is 10.8 Å². The van der Waals surface area contributed by atoms with Crippen molar-refractivity contribution in [3.8, 4) is 5.75 Å². The van der Waals surface area contributed by atoms with E-state index in [0.29, 0.717) is 36.3 Å². The first-order valence-electron chi connectivity index (χ1n) is 10.5. The van der Waals surface area contributed by atoms with E-state index >= 15 is 0 Å². The summed E-state index contributed by atoms with van der Waals surface area (Å²) in [7, 11) is 0. The van der Waals surface area contributed by atoms with E-state index in [-0.39, 0.29) is 36.5 Å². The summed E-state index contributed by atoms with van der Waals surface area (Å²) in [6, 6.07) is 13.4. The van der Waals surface area contributed by atoms with Crippen molar-refractivity contribution in [3.05, 3.63) is 65.6 Å². The van der Waals surface area contributed by atoms with Crippen LogP contribution in [0.4, 0.5) is 0 Å². The number of amidine groups is 1. The van der Waals surface area contributed by atoms with Crippen molar-refractivity contribution in [3.63, 3.8) is 0 Å². The fraction of sp³-hybridized carbons (Fsp3) is 0.250. The van der Waals surface area contributed by atoms with E-state index in [4.69, 9.17) is 20.3 Å². The van der Waals surface area contributed by atoms with Gasteiger partial charge in [0, 0.05) is 5.56 Å². The third-order valence-corrected chi connectivity index (χ3v) is 5.80. The molecular weight excluding hydrogens is 462 g/mol. The number of hydrogen-bond acceptors (Lipinski definition) is 6. The van der Waals surface area contributed by atoms with Gasteiger partial charge in [-0.05, 0) is 53.9 Å². The molecule has 9 nitrogen and oxygen atoms in total. The molecule has 0 spiro atoms. The molecule has 5 N–H and O–H groups in total. The highest BCUT2D eigenvalue weighted by Gasteiger charge is 2.37. The first-order valence-corrected chi connectivity index (χ1v) is 10.5. The molecule has 2 atom stereocenters. The number of benzene rings is 2. The lowest BCUT2D eigenvalue weighted by atomic mass is 9.95. The number of nitrogens with two attached hydrogens (primary N) is 1. The minimum atomic E-state index is -0.955. The molecule has 4 rings (SSSR count). The SMILES string of the molecule is Cl.N=C(N)c1ccc2cc(OC(=O)c3ccc(CNC(=O)[C@@H]4CCC[C@H]4C(=O)O)o3)ccc2c1. The van der Waals surface area contributed by atoms with Crippen molar-refractivity contribution in [2.24, 2.45) is 17.6 Å². The summed E-state index contributed by atoms with van der Waals surface area (Å²) >= 11 is 0. The Morgan fingerprint density at radius 1 is 1.06 bits per heavy atom. The average Bonchev–Trinajstić information content (AvgIpc) is 3.47. The largest absolute Gasteiger partial charge is 0.481 e. The minimum absolute atomic E-state index is 0. The Bertz CT molecular complexity index is 1250. The second-order valence-corrected chi connectivity index (χ2v) is 7.99. The fourth-order valence-electron chi connectivity index (χ4n) is 4.07. The molecule has 3 aromatic rings. The second kappa shape index (κ2) is 10.4. The standard InChI is InChI=1S/C24H23N3O6.ClH/c25-21(26)15-5-4-14-11-16(7-6-13(14)10-15)33-24(31)20-9-8-17(32-20)12-27-22(28)18-2-1-3-19(18)23(29)30;/h4-11,18-19H,1-3,12H2,(H3,25,26)(H,27,28)(H,29,30);1H/t18-,19-;/m1./s1. The molecule has 0 aliphatic heterocycles. The van der Waals surface area contributed by atoms with Gasteiger partial charge in [0.2, 0.25) is 11.7 Å². The Balaban J connectivity index is 0.00000324. The summed E-state index contributed by atoms with van der Waals surface area (Å²) in [5.74, 6) is -2.55. The first-order chi connectivity index (χ1) is 15.8. The summed E-state index contributed by atoms with van der Waals surface area (Å²) in [5, 5.41) is 21.1. The number of hydrogen-bond donors (Lipinski definition) is 4. The Morgan fingerprint density at radius 3 is 2.50 bits per heavy atom. The molecule has 1 fully saturated rings. The van der Waals surface area contributed by atoms with Crippen molar-refractivity contribution in [2.45, 2.75) is 25.8 Å². The van der Waals surface area contributed by atoms with Crippen LogP contribution >= 0.6 is 12.4 Å². The molecule has 2 aromatic carbocycles. The van der Waals surface area contributed by atoms with Crippen LogP contribution in [-0.2, 0) is 16.1 Å². The highest BCUT2D eigenvalue weighted by molar-refractivity contribution is 5.99. The Labute approximate surface area is 201 Å². The number of esters is 1. The summed E-state index contributed by atoms with van der Waals surface area (Å²) in [4.78, 5) is 36.1. The summed E-state index contributed by atoms with van der Waals surface area (Å²) < 4.78 is 10.9. The molecule has 34 heavy (non-hydrogen) atoms. The van der Waals surface area contributed by atoms with Gasteiger partial charge in [-0.25, -0.2) is 4.79 Å². The van der Waals surface area contributed by atoms with Crippen molar-refractivity contribution >= 4 is 46.9 Å². The smallest absolute Gasteiger partial charge is 0.379 e. The van der Waals surface area contributed by atoms with Crippen molar-refractivity contribution in [1.29, 1.82) is 5.41 Å². The quantitative estimate of drug-likeness (QED) is 0.173. The van der Waals surface area contributed by atoms with Gasteiger partial charge in [0.1, 0.15) is 17.3 Å². The number of carboxylic acid groups (broad SMARTS) is 1. The maximum Gasteiger partial charge on any atom is 0.379 e. The number of carboxylic acids is 1. The van der Waals surface area contributed by atoms with E-state index in [1.165, 1.54) is 6.07 Å². The van der Waals surface area contributed by atoms with Gasteiger partial charge in [-0.3, -0.25) is 15.0 Å². The molecule has 1 amide bonds. The molecule has 1 aliphatic rings. The fourth-order valence-corrected chi connectivity index (χ4v) is 4.07. The number of nitrogen functional groups attached to an aromatic ring is 1. The number of aliphatic carboxylic acids is 1. The third-order valence-electron chi connectivity index (χ3n) is 5.80.